The van der Waals surface area contributed by atoms with Gasteiger partial charge in [0.25, 0.3) is 5.91 Å². The molecule has 0 saturated carbocycles. The van der Waals surface area contributed by atoms with Crippen molar-refractivity contribution in [2.24, 2.45) is 0 Å². The summed E-state index contributed by atoms with van der Waals surface area (Å²) in [7, 11) is 0. The highest BCUT2D eigenvalue weighted by Crippen LogP contribution is 2.21. The molecular formula is C15H12ClF2NO2. The van der Waals surface area contributed by atoms with Crippen LogP contribution in [0.1, 0.15) is 22.0 Å². The van der Waals surface area contributed by atoms with Crippen LogP contribution in [0.5, 0.6) is 0 Å². The quantitative estimate of drug-likeness (QED) is 0.911. The third kappa shape index (κ3) is 3.77. The van der Waals surface area contributed by atoms with Gasteiger partial charge in [0, 0.05) is 22.7 Å². The molecule has 2 aromatic carbocycles. The standard InChI is InChI=1S/C15H12ClF2NO2/c16-11-4-2-1-3-10(11)14(20)8-19-15(21)9-5-6-12(17)13(18)7-9/h1-7,14,20H,8H2,(H,19,21). The summed E-state index contributed by atoms with van der Waals surface area (Å²) in [5.74, 6) is -2.74. The molecule has 0 heterocycles. The number of aliphatic hydroxyl groups is 1. The Morgan fingerprint density at radius 3 is 2.57 bits per heavy atom. The van der Waals surface area contributed by atoms with E-state index in [1.54, 1.807) is 24.3 Å². The van der Waals surface area contributed by atoms with Crippen molar-refractivity contribution >= 4 is 17.5 Å². The van der Waals surface area contributed by atoms with Gasteiger partial charge >= 0.3 is 0 Å². The van der Waals surface area contributed by atoms with Crippen LogP contribution in [0, 0.1) is 11.6 Å². The Morgan fingerprint density at radius 1 is 1.19 bits per heavy atom. The smallest absolute Gasteiger partial charge is 0.251 e. The van der Waals surface area contributed by atoms with Crippen molar-refractivity contribution in [3.05, 3.63) is 70.2 Å². The van der Waals surface area contributed by atoms with Crippen molar-refractivity contribution in [1.29, 1.82) is 0 Å². The molecule has 1 unspecified atom stereocenters. The highest BCUT2D eigenvalue weighted by atomic mass is 35.5. The molecule has 3 nitrogen and oxygen atoms in total. The second-order valence-corrected chi connectivity index (χ2v) is 4.78. The Labute approximate surface area is 125 Å². The van der Waals surface area contributed by atoms with Crippen LogP contribution in [0.4, 0.5) is 8.78 Å². The highest BCUT2D eigenvalue weighted by Gasteiger charge is 2.14. The first-order chi connectivity index (χ1) is 9.99. The maximum atomic E-state index is 13.0. The van der Waals surface area contributed by atoms with E-state index < -0.39 is 23.6 Å². The van der Waals surface area contributed by atoms with Crippen LogP contribution in [0.2, 0.25) is 5.02 Å². The van der Waals surface area contributed by atoms with Gasteiger partial charge in [0.05, 0.1) is 6.10 Å². The zero-order valence-corrected chi connectivity index (χ0v) is 11.6. The number of amides is 1. The number of hydrogen-bond acceptors (Lipinski definition) is 2. The summed E-state index contributed by atoms with van der Waals surface area (Å²) in [6.07, 6.45) is -0.993. The molecule has 0 spiro atoms. The molecule has 0 fully saturated rings. The fourth-order valence-electron chi connectivity index (χ4n) is 1.78. The van der Waals surface area contributed by atoms with E-state index in [1.807, 2.05) is 0 Å². The number of rotatable bonds is 4. The van der Waals surface area contributed by atoms with Gasteiger partial charge in [-0.2, -0.15) is 0 Å². The zero-order valence-electron chi connectivity index (χ0n) is 10.8. The molecule has 1 amide bonds. The molecule has 1 atom stereocenters. The number of benzene rings is 2. The molecule has 0 aromatic heterocycles. The van der Waals surface area contributed by atoms with Gasteiger partial charge in [-0.1, -0.05) is 29.8 Å². The van der Waals surface area contributed by atoms with Crippen molar-refractivity contribution < 1.29 is 18.7 Å². The molecule has 2 rings (SSSR count). The summed E-state index contributed by atoms with van der Waals surface area (Å²) >= 11 is 5.93. The first-order valence-electron chi connectivity index (χ1n) is 6.15. The predicted molar refractivity (Wildman–Crippen MR) is 75.1 cm³/mol. The van der Waals surface area contributed by atoms with E-state index >= 15 is 0 Å². The van der Waals surface area contributed by atoms with E-state index in [0.717, 1.165) is 18.2 Å². The summed E-state index contributed by atoms with van der Waals surface area (Å²) in [6.45, 7) is -0.0957. The van der Waals surface area contributed by atoms with Gasteiger partial charge in [0.2, 0.25) is 0 Å². The predicted octanol–water partition coefficient (Wildman–Crippen LogP) is 3.08. The molecule has 0 saturated heterocycles. The summed E-state index contributed by atoms with van der Waals surface area (Å²) < 4.78 is 25.8. The SMILES string of the molecule is O=C(NCC(O)c1ccccc1Cl)c1ccc(F)c(F)c1. The van der Waals surface area contributed by atoms with Crippen LogP contribution in [-0.4, -0.2) is 17.6 Å². The van der Waals surface area contributed by atoms with Crippen LogP contribution in [0.15, 0.2) is 42.5 Å². The summed E-state index contributed by atoms with van der Waals surface area (Å²) in [4.78, 5) is 11.8. The van der Waals surface area contributed by atoms with E-state index in [2.05, 4.69) is 5.32 Å². The van der Waals surface area contributed by atoms with Crippen molar-refractivity contribution in [3.63, 3.8) is 0 Å². The van der Waals surface area contributed by atoms with Crippen molar-refractivity contribution in [3.8, 4) is 0 Å². The molecule has 0 aliphatic carbocycles. The second kappa shape index (κ2) is 6.65. The van der Waals surface area contributed by atoms with Gasteiger partial charge in [-0.05, 0) is 24.3 Å². The Hall–Kier alpha value is -1.98. The summed E-state index contributed by atoms with van der Waals surface area (Å²) in [6, 6.07) is 9.52. The minimum Gasteiger partial charge on any atom is -0.387 e. The fourth-order valence-corrected chi connectivity index (χ4v) is 2.05. The van der Waals surface area contributed by atoms with Gasteiger partial charge in [0.1, 0.15) is 0 Å². The third-order valence-electron chi connectivity index (χ3n) is 2.90. The average molecular weight is 312 g/mol. The normalized spacial score (nSPS) is 12.0. The number of aliphatic hydroxyl groups excluding tert-OH is 1. The van der Waals surface area contributed by atoms with Crippen LogP contribution in [-0.2, 0) is 0 Å². The first kappa shape index (κ1) is 15.4. The topological polar surface area (TPSA) is 49.3 Å². The lowest BCUT2D eigenvalue weighted by Crippen LogP contribution is -2.28. The van der Waals surface area contributed by atoms with Crippen LogP contribution >= 0.6 is 11.6 Å². The van der Waals surface area contributed by atoms with Crippen molar-refractivity contribution in [2.45, 2.75) is 6.10 Å². The van der Waals surface area contributed by atoms with E-state index in [1.165, 1.54) is 0 Å². The van der Waals surface area contributed by atoms with E-state index in [4.69, 9.17) is 11.6 Å². The largest absolute Gasteiger partial charge is 0.387 e. The fraction of sp³-hybridized carbons (Fsp3) is 0.133. The minimum absolute atomic E-state index is 0.0275. The summed E-state index contributed by atoms with van der Waals surface area (Å²) in [5.41, 5.74) is 0.449. The van der Waals surface area contributed by atoms with Gasteiger partial charge in [-0.3, -0.25) is 4.79 Å². The number of carbonyl (C=O) groups is 1. The summed E-state index contributed by atoms with van der Waals surface area (Å²) in [5, 5.41) is 12.8. The van der Waals surface area contributed by atoms with Crippen molar-refractivity contribution in [1.82, 2.24) is 5.32 Å². The molecule has 6 heteroatoms. The number of nitrogens with one attached hydrogen (secondary N) is 1. The first-order valence-corrected chi connectivity index (χ1v) is 6.52. The second-order valence-electron chi connectivity index (χ2n) is 4.38. The average Bonchev–Trinajstić information content (AvgIpc) is 2.47. The maximum Gasteiger partial charge on any atom is 0.251 e. The molecule has 0 aliphatic heterocycles. The third-order valence-corrected chi connectivity index (χ3v) is 3.25. The molecule has 0 radical (unpaired) electrons. The Balaban J connectivity index is 2.01. The van der Waals surface area contributed by atoms with Gasteiger partial charge in [-0.15, -0.1) is 0 Å². The highest BCUT2D eigenvalue weighted by molar-refractivity contribution is 6.31. The van der Waals surface area contributed by atoms with Gasteiger partial charge in [-0.25, -0.2) is 8.78 Å². The van der Waals surface area contributed by atoms with Crippen LogP contribution < -0.4 is 5.32 Å². The van der Waals surface area contributed by atoms with Crippen molar-refractivity contribution in [2.75, 3.05) is 6.54 Å². The lowest BCUT2D eigenvalue weighted by molar-refractivity contribution is 0.0916. The Bertz CT molecular complexity index is 664. The monoisotopic (exact) mass is 311 g/mol. The van der Waals surface area contributed by atoms with E-state index in [-0.39, 0.29) is 12.1 Å². The zero-order chi connectivity index (χ0) is 15.4. The van der Waals surface area contributed by atoms with Crippen LogP contribution in [0.25, 0.3) is 0 Å². The molecule has 21 heavy (non-hydrogen) atoms. The molecular weight excluding hydrogens is 300 g/mol. The maximum absolute atomic E-state index is 13.0. The lowest BCUT2D eigenvalue weighted by atomic mass is 10.1. The van der Waals surface area contributed by atoms with Gasteiger partial charge < -0.3 is 10.4 Å². The lowest BCUT2D eigenvalue weighted by Gasteiger charge is -2.13. The number of halogens is 3. The van der Waals surface area contributed by atoms with Crippen LogP contribution in [0.3, 0.4) is 0 Å². The minimum atomic E-state index is -1.10. The Kier molecular flexibility index (Phi) is 4.88. The molecule has 2 N–H and O–H groups in total. The van der Waals surface area contributed by atoms with E-state index in [0.29, 0.717) is 10.6 Å². The Morgan fingerprint density at radius 2 is 1.90 bits per heavy atom. The number of hydrogen-bond donors (Lipinski definition) is 2. The molecule has 2 aromatic rings. The molecule has 110 valence electrons. The molecule has 0 aliphatic rings. The van der Waals surface area contributed by atoms with E-state index in [9.17, 15) is 18.7 Å². The van der Waals surface area contributed by atoms with Gasteiger partial charge in [0.15, 0.2) is 11.6 Å². The number of carbonyl (C=O) groups excluding carboxylic acids is 1. The molecule has 0 bridgehead atoms.